The van der Waals surface area contributed by atoms with Crippen molar-refractivity contribution in [1.82, 2.24) is 0 Å². The lowest BCUT2D eigenvalue weighted by atomic mass is 9.77. The molecule has 3 atom stereocenters. The van der Waals surface area contributed by atoms with E-state index in [9.17, 15) is 0 Å². The van der Waals surface area contributed by atoms with Gasteiger partial charge in [-0.05, 0) is 42.0 Å². The zero-order chi connectivity index (χ0) is 16.7. The highest BCUT2D eigenvalue weighted by Gasteiger charge is 2.40. The molecular weight excluding hydrogens is 318 g/mol. The first-order valence-corrected chi connectivity index (χ1v) is 9.29. The average molecular weight is 342 g/mol. The van der Waals surface area contributed by atoms with Gasteiger partial charge >= 0.3 is 0 Å². The summed E-state index contributed by atoms with van der Waals surface area (Å²) in [5.41, 5.74) is 5.06. The van der Waals surface area contributed by atoms with E-state index in [-0.39, 0.29) is 12.1 Å². The average Bonchev–Trinajstić information content (AvgIpc) is 2.61. The second kappa shape index (κ2) is 6.42. The summed E-state index contributed by atoms with van der Waals surface area (Å²) in [5, 5.41) is 4.59. The van der Waals surface area contributed by atoms with Gasteiger partial charge in [-0.3, -0.25) is 0 Å². The third-order valence-electron chi connectivity index (χ3n) is 5.40. The van der Waals surface area contributed by atoms with Crippen molar-refractivity contribution in [1.29, 1.82) is 0 Å². The number of nitrogens with one attached hydrogen (secondary N) is 1. The lowest BCUT2D eigenvalue weighted by molar-refractivity contribution is -0.0381. The Morgan fingerprint density at radius 3 is 2.75 bits per heavy atom. The summed E-state index contributed by atoms with van der Waals surface area (Å²) in [6, 6.07) is 15.2. The summed E-state index contributed by atoms with van der Waals surface area (Å²) in [7, 11) is 0. The van der Waals surface area contributed by atoms with E-state index in [1.54, 1.807) is 0 Å². The van der Waals surface area contributed by atoms with Crippen molar-refractivity contribution in [2.45, 2.75) is 44.8 Å². The molecule has 0 radical (unpaired) electrons. The van der Waals surface area contributed by atoms with E-state index in [0.717, 1.165) is 18.1 Å². The van der Waals surface area contributed by atoms with Gasteiger partial charge < -0.3 is 10.1 Å². The van der Waals surface area contributed by atoms with Crippen LogP contribution < -0.4 is 5.32 Å². The largest absolute Gasteiger partial charge is 0.377 e. The second-order valence-electron chi connectivity index (χ2n) is 7.24. The van der Waals surface area contributed by atoms with Crippen molar-refractivity contribution in [3.63, 3.8) is 0 Å². The van der Waals surface area contributed by atoms with Crippen LogP contribution in [-0.2, 0) is 4.74 Å². The highest BCUT2D eigenvalue weighted by Crippen LogP contribution is 2.50. The minimum atomic E-state index is 0.162. The van der Waals surface area contributed by atoms with Crippen molar-refractivity contribution in [2.75, 3.05) is 11.9 Å². The van der Waals surface area contributed by atoms with Crippen LogP contribution in [-0.4, -0.2) is 6.61 Å². The highest BCUT2D eigenvalue weighted by atomic mass is 35.5. The molecule has 0 unspecified atom stereocenters. The topological polar surface area (TPSA) is 21.3 Å². The van der Waals surface area contributed by atoms with Crippen LogP contribution in [0.4, 0.5) is 5.69 Å². The van der Waals surface area contributed by atoms with E-state index in [4.69, 9.17) is 16.3 Å². The number of hydrogen-bond acceptors (Lipinski definition) is 2. The Hall–Kier alpha value is -1.51. The van der Waals surface area contributed by atoms with Crippen LogP contribution >= 0.6 is 11.6 Å². The summed E-state index contributed by atoms with van der Waals surface area (Å²) >= 11 is 6.50. The smallest absolute Gasteiger partial charge is 0.0895 e. The molecular formula is C21H24ClNO. The van der Waals surface area contributed by atoms with Gasteiger partial charge in [-0.1, -0.05) is 55.8 Å². The molecule has 2 aliphatic heterocycles. The predicted molar refractivity (Wildman–Crippen MR) is 99.8 cm³/mol. The number of anilines is 1. The van der Waals surface area contributed by atoms with Gasteiger partial charge in [-0.25, -0.2) is 0 Å². The molecule has 1 N–H and O–H groups in total. The maximum Gasteiger partial charge on any atom is 0.0895 e. The van der Waals surface area contributed by atoms with E-state index in [2.05, 4.69) is 49.5 Å². The summed E-state index contributed by atoms with van der Waals surface area (Å²) in [6.07, 6.45) is 2.44. The van der Waals surface area contributed by atoms with Crippen LogP contribution in [0.1, 0.15) is 61.4 Å². The Bertz CT molecular complexity index is 742. The van der Waals surface area contributed by atoms with Gasteiger partial charge in [0.15, 0.2) is 0 Å². The first-order valence-electron chi connectivity index (χ1n) is 8.91. The molecule has 2 aliphatic rings. The molecule has 1 saturated heterocycles. The van der Waals surface area contributed by atoms with Crippen LogP contribution in [0.2, 0.25) is 5.02 Å². The molecule has 0 spiro atoms. The van der Waals surface area contributed by atoms with Gasteiger partial charge in [-0.2, -0.15) is 0 Å². The fraction of sp³-hybridized carbons (Fsp3) is 0.429. The monoisotopic (exact) mass is 341 g/mol. The molecule has 2 aromatic carbocycles. The predicted octanol–water partition coefficient (Wildman–Crippen LogP) is 6.10. The van der Waals surface area contributed by atoms with Crippen LogP contribution in [0.5, 0.6) is 0 Å². The highest BCUT2D eigenvalue weighted by molar-refractivity contribution is 6.31. The quantitative estimate of drug-likeness (QED) is 0.712. The Morgan fingerprint density at radius 2 is 1.96 bits per heavy atom. The molecule has 126 valence electrons. The van der Waals surface area contributed by atoms with Crippen molar-refractivity contribution in [3.05, 3.63) is 64.2 Å². The molecule has 0 amide bonds. The lowest BCUT2D eigenvalue weighted by Gasteiger charge is -2.43. The molecule has 0 bridgehead atoms. The number of benzene rings is 2. The first kappa shape index (κ1) is 16.0. The van der Waals surface area contributed by atoms with Gasteiger partial charge in [0.25, 0.3) is 0 Å². The van der Waals surface area contributed by atoms with E-state index >= 15 is 0 Å². The number of fused-ring (bicyclic) bond motifs is 3. The van der Waals surface area contributed by atoms with Crippen molar-refractivity contribution >= 4 is 17.3 Å². The van der Waals surface area contributed by atoms with Crippen molar-refractivity contribution in [3.8, 4) is 0 Å². The Balaban J connectivity index is 1.79. The summed E-state index contributed by atoms with van der Waals surface area (Å²) in [5.74, 6) is 0.951. The summed E-state index contributed by atoms with van der Waals surface area (Å²) < 4.78 is 6.25. The van der Waals surface area contributed by atoms with E-state index in [1.807, 2.05) is 12.1 Å². The van der Waals surface area contributed by atoms with Gasteiger partial charge in [0.1, 0.15) is 0 Å². The molecule has 0 aliphatic carbocycles. The molecule has 0 saturated carbocycles. The number of rotatable bonds is 2. The second-order valence-corrected chi connectivity index (χ2v) is 7.65. The Kier molecular flexibility index (Phi) is 4.28. The molecule has 2 nitrogen and oxygen atoms in total. The summed E-state index contributed by atoms with van der Waals surface area (Å²) in [6.45, 7) is 5.33. The summed E-state index contributed by atoms with van der Waals surface area (Å²) in [4.78, 5) is 0. The normalized spacial score (nSPS) is 25.8. The van der Waals surface area contributed by atoms with Gasteiger partial charge in [0, 0.05) is 28.8 Å². The van der Waals surface area contributed by atoms with Gasteiger partial charge in [0.2, 0.25) is 0 Å². The molecule has 3 heteroatoms. The molecule has 4 rings (SSSR count). The zero-order valence-electron chi connectivity index (χ0n) is 14.3. The fourth-order valence-electron chi connectivity index (χ4n) is 4.08. The van der Waals surface area contributed by atoms with E-state index in [0.29, 0.717) is 11.8 Å². The maximum absolute atomic E-state index is 6.50. The molecule has 1 fully saturated rings. The van der Waals surface area contributed by atoms with Gasteiger partial charge in [0.05, 0.1) is 12.1 Å². The standard InChI is InChI=1S/C21H24ClNO/c1-13(2)14-9-10-19-17(12-14)21-16(7-5-11-24-21)20(23-19)15-6-3-4-8-18(15)22/h3-4,6,8-10,12-13,16,20-21,23H,5,7,11H2,1-2H3/t16-,20-,21-/m0/s1. The third-order valence-corrected chi connectivity index (χ3v) is 5.74. The molecule has 2 aromatic rings. The maximum atomic E-state index is 6.50. The van der Waals surface area contributed by atoms with E-state index in [1.165, 1.54) is 28.8 Å². The third kappa shape index (κ3) is 2.72. The first-order chi connectivity index (χ1) is 11.6. The van der Waals surface area contributed by atoms with Crippen LogP contribution in [0, 0.1) is 5.92 Å². The molecule has 2 heterocycles. The number of halogens is 1. The van der Waals surface area contributed by atoms with Gasteiger partial charge in [-0.15, -0.1) is 0 Å². The lowest BCUT2D eigenvalue weighted by Crippen LogP contribution is -2.36. The molecule has 0 aromatic heterocycles. The van der Waals surface area contributed by atoms with Crippen LogP contribution in [0.25, 0.3) is 0 Å². The Morgan fingerprint density at radius 1 is 1.12 bits per heavy atom. The SMILES string of the molecule is CC(C)c1ccc2c(c1)[C@H]1OCCC[C@H]1[C@H](c1ccccc1Cl)N2. The number of ether oxygens (including phenoxy) is 1. The number of hydrogen-bond donors (Lipinski definition) is 1. The van der Waals surface area contributed by atoms with E-state index < -0.39 is 0 Å². The van der Waals surface area contributed by atoms with Crippen LogP contribution in [0.3, 0.4) is 0 Å². The Labute approximate surface area is 149 Å². The fourth-order valence-corrected chi connectivity index (χ4v) is 4.34. The van der Waals surface area contributed by atoms with Crippen LogP contribution in [0.15, 0.2) is 42.5 Å². The molecule has 24 heavy (non-hydrogen) atoms. The minimum Gasteiger partial charge on any atom is -0.377 e. The zero-order valence-corrected chi connectivity index (χ0v) is 15.0. The van der Waals surface area contributed by atoms with Crippen molar-refractivity contribution < 1.29 is 4.74 Å². The van der Waals surface area contributed by atoms with Crippen molar-refractivity contribution in [2.24, 2.45) is 5.92 Å². The minimum absolute atomic E-state index is 0.162.